The molecular weight excluding hydrogens is 248 g/mol. The van der Waals surface area contributed by atoms with Gasteiger partial charge < -0.3 is 0 Å². The number of halogens is 1. The molecule has 0 aliphatic rings. The highest BCUT2D eigenvalue weighted by molar-refractivity contribution is 6.34. The van der Waals surface area contributed by atoms with Gasteiger partial charge in [-0.15, -0.1) is 0 Å². The van der Waals surface area contributed by atoms with Gasteiger partial charge in [-0.05, 0) is 26.8 Å². The molecule has 1 aromatic heterocycles. The molecule has 0 aliphatic heterocycles. The minimum atomic E-state index is -0.0881. The Morgan fingerprint density at radius 3 is 2.72 bits per heavy atom. The summed E-state index contributed by atoms with van der Waals surface area (Å²) in [5, 5.41) is 4.55. The third-order valence-electron chi connectivity index (χ3n) is 2.74. The van der Waals surface area contributed by atoms with Crippen LogP contribution in [0.25, 0.3) is 0 Å². The highest BCUT2D eigenvalue weighted by atomic mass is 35.5. The van der Waals surface area contributed by atoms with Crippen LogP contribution in [-0.4, -0.2) is 15.6 Å². The zero-order valence-electron chi connectivity index (χ0n) is 10.6. The molecule has 18 heavy (non-hydrogen) atoms. The molecule has 0 aliphatic carbocycles. The van der Waals surface area contributed by atoms with Gasteiger partial charge in [0.2, 0.25) is 5.78 Å². The minimum Gasteiger partial charge on any atom is -0.287 e. The molecule has 0 amide bonds. The van der Waals surface area contributed by atoms with Crippen LogP contribution in [0.1, 0.15) is 41.5 Å². The first-order chi connectivity index (χ1) is 8.50. The van der Waals surface area contributed by atoms with Crippen LogP contribution in [0, 0.1) is 6.92 Å². The van der Waals surface area contributed by atoms with E-state index >= 15 is 0 Å². The monoisotopic (exact) mass is 262 g/mol. The van der Waals surface area contributed by atoms with Crippen LogP contribution in [-0.2, 0) is 0 Å². The molecule has 1 aromatic carbocycles. The summed E-state index contributed by atoms with van der Waals surface area (Å²) in [6.07, 6.45) is 1.52. The van der Waals surface area contributed by atoms with Crippen LogP contribution in [0.2, 0.25) is 5.02 Å². The van der Waals surface area contributed by atoms with Gasteiger partial charge in [0.15, 0.2) is 0 Å². The van der Waals surface area contributed by atoms with Gasteiger partial charge in [0.05, 0.1) is 11.2 Å². The lowest BCUT2D eigenvalue weighted by Gasteiger charge is -2.10. The van der Waals surface area contributed by atoms with Gasteiger partial charge in [0.25, 0.3) is 0 Å². The van der Waals surface area contributed by atoms with Crippen molar-refractivity contribution in [3.63, 3.8) is 0 Å². The standard InChI is InChI=1S/C14H15ClN2O/c1-9(2)17-13(12(15)8-16-17)14(18)11-6-4-5-10(3)7-11/h4-9H,1-3H3. The van der Waals surface area contributed by atoms with Crippen LogP contribution >= 0.6 is 11.6 Å². The Morgan fingerprint density at radius 1 is 1.39 bits per heavy atom. The summed E-state index contributed by atoms with van der Waals surface area (Å²) < 4.78 is 1.66. The zero-order valence-corrected chi connectivity index (χ0v) is 11.4. The first-order valence-corrected chi connectivity index (χ1v) is 6.23. The van der Waals surface area contributed by atoms with Crippen molar-refractivity contribution in [3.8, 4) is 0 Å². The first-order valence-electron chi connectivity index (χ1n) is 5.85. The van der Waals surface area contributed by atoms with Gasteiger partial charge in [-0.2, -0.15) is 5.10 Å². The maximum atomic E-state index is 12.5. The van der Waals surface area contributed by atoms with Crippen molar-refractivity contribution in [2.45, 2.75) is 26.8 Å². The van der Waals surface area contributed by atoms with Gasteiger partial charge in [-0.25, -0.2) is 0 Å². The molecule has 94 valence electrons. The number of aromatic nitrogens is 2. The van der Waals surface area contributed by atoms with E-state index in [0.29, 0.717) is 16.3 Å². The number of rotatable bonds is 3. The van der Waals surface area contributed by atoms with E-state index in [4.69, 9.17) is 11.6 Å². The molecule has 0 atom stereocenters. The lowest BCUT2D eigenvalue weighted by atomic mass is 10.1. The van der Waals surface area contributed by atoms with Crippen molar-refractivity contribution in [2.75, 3.05) is 0 Å². The molecule has 0 unspecified atom stereocenters. The number of ketones is 1. The Hall–Kier alpha value is -1.61. The van der Waals surface area contributed by atoms with Crippen LogP contribution in [0.4, 0.5) is 0 Å². The van der Waals surface area contributed by atoms with Gasteiger partial charge in [0.1, 0.15) is 5.69 Å². The smallest absolute Gasteiger partial charge is 0.212 e. The highest BCUT2D eigenvalue weighted by Gasteiger charge is 2.20. The number of aryl methyl sites for hydroxylation is 1. The Morgan fingerprint density at radius 2 is 2.11 bits per heavy atom. The number of hydrogen-bond acceptors (Lipinski definition) is 2. The van der Waals surface area contributed by atoms with Crippen molar-refractivity contribution < 1.29 is 4.79 Å². The second-order valence-electron chi connectivity index (χ2n) is 4.58. The fourth-order valence-corrected chi connectivity index (χ4v) is 2.08. The molecule has 0 saturated heterocycles. The zero-order chi connectivity index (χ0) is 13.3. The van der Waals surface area contributed by atoms with Crippen LogP contribution < -0.4 is 0 Å². The first kappa shape index (κ1) is 12.8. The predicted molar refractivity (Wildman–Crippen MR) is 72.2 cm³/mol. The third kappa shape index (κ3) is 2.31. The topological polar surface area (TPSA) is 34.9 Å². The highest BCUT2D eigenvalue weighted by Crippen LogP contribution is 2.22. The Kier molecular flexibility index (Phi) is 3.53. The van der Waals surface area contributed by atoms with Crippen molar-refractivity contribution in [1.82, 2.24) is 9.78 Å². The Labute approximate surface area is 111 Å². The minimum absolute atomic E-state index is 0.0881. The van der Waals surface area contributed by atoms with Crippen LogP contribution in [0.15, 0.2) is 30.5 Å². The Bertz CT molecular complexity index is 587. The molecular formula is C14H15ClN2O. The lowest BCUT2D eigenvalue weighted by Crippen LogP contribution is -2.14. The van der Waals surface area contributed by atoms with E-state index in [9.17, 15) is 4.79 Å². The van der Waals surface area contributed by atoms with Crippen molar-refractivity contribution in [1.29, 1.82) is 0 Å². The van der Waals surface area contributed by atoms with Crippen LogP contribution in [0.5, 0.6) is 0 Å². The molecule has 4 heteroatoms. The lowest BCUT2D eigenvalue weighted by molar-refractivity contribution is 0.102. The van der Waals surface area contributed by atoms with Crippen molar-refractivity contribution >= 4 is 17.4 Å². The molecule has 0 N–H and O–H groups in total. The average Bonchev–Trinajstić information content (AvgIpc) is 2.70. The van der Waals surface area contributed by atoms with Gasteiger partial charge in [-0.3, -0.25) is 9.48 Å². The summed E-state index contributed by atoms with van der Waals surface area (Å²) in [5.74, 6) is -0.0881. The van der Waals surface area contributed by atoms with E-state index < -0.39 is 0 Å². The SMILES string of the molecule is Cc1cccc(C(=O)c2c(Cl)cnn2C(C)C)c1. The second kappa shape index (κ2) is 4.94. The fourth-order valence-electron chi connectivity index (χ4n) is 1.87. The van der Waals surface area contributed by atoms with Crippen molar-refractivity contribution in [2.24, 2.45) is 0 Å². The quantitative estimate of drug-likeness (QED) is 0.792. The summed E-state index contributed by atoms with van der Waals surface area (Å²) in [6, 6.07) is 7.57. The number of carbonyl (C=O) groups is 1. The van der Waals surface area contributed by atoms with E-state index in [0.717, 1.165) is 5.56 Å². The summed E-state index contributed by atoms with van der Waals surface area (Å²) >= 11 is 6.07. The molecule has 2 rings (SSSR count). The summed E-state index contributed by atoms with van der Waals surface area (Å²) in [7, 11) is 0. The maximum Gasteiger partial charge on any atom is 0.212 e. The number of carbonyl (C=O) groups excluding carboxylic acids is 1. The Balaban J connectivity index is 2.49. The van der Waals surface area contributed by atoms with Gasteiger partial charge in [-0.1, -0.05) is 35.4 Å². The molecule has 0 bridgehead atoms. The van der Waals surface area contributed by atoms with E-state index in [1.54, 1.807) is 10.7 Å². The largest absolute Gasteiger partial charge is 0.287 e. The number of nitrogens with zero attached hydrogens (tertiary/aromatic N) is 2. The van der Waals surface area contributed by atoms with E-state index in [2.05, 4.69) is 5.10 Å². The molecule has 0 radical (unpaired) electrons. The summed E-state index contributed by atoms with van der Waals surface area (Å²) in [5.41, 5.74) is 2.14. The molecule has 2 aromatic rings. The number of benzene rings is 1. The molecule has 1 heterocycles. The normalized spacial score (nSPS) is 10.9. The van der Waals surface area contributed by atoms with E-state index in [1.807, 2.05) is 39.0 Å². The predicted octanol–water partition coefficient (Wildman–Crippen LogP) is 3.66. The second-order valence-corrected chi connectivity index (χ2v) is 4.99. The molecule has 0 spiro atoms. The molecule has 0 fully saturated rings. The number of hydrogen-bond donors (Lipinski definition) is 0. The van der Waals surface area contributed by atoms with E-state index in [1.165, 1.54) is 6.20 Å². The van der Waals surface area contributed by atoms with Gasteiger partial charge in [0, 0.05) is 11.6 Å². The summed E-state index contributed by atoms with van der Waals surface area (Å²) in [4.78, 5) is 12.5. The average molecular weight is 263 g/mol. The van der Waals surface area contributed by atoms with Gasteiger partial charge >= 0.3 is 0 Å². The summed E-state index contributed by atoms with van der Waals surface area (Å²) in [6.45, 7) is 5.89. The molecule has 0 saturated carbocycles. The van der Waals surface area contributed by atoms with E-state index in [-0.39, 0.29) is 11.8 Å². The third-order valence-corrected chi connectivity index (χ3v) is 3.01. The van der Waals surface area contributed by atoms with Crippen molar-refractivity contribution in [3.05, 3.63) is 52.3 Å². The molecule has 3 nitrogen and oxygen atoms in total. The van der Waals surface area contributed by atoms with Crippen LogP contribution in [0.3, 0.4) is 0 Å². The fraction of sp³-hybridized carbons (Fsp3) is 0.286. The maximum absolute atomic E-state index is 12.5.